The number of hydrogen-bond acceptors (Lipinski definition) is 6. The van der Waals surface area contributed by atoms with Gasteiger partial charge in [0.15, 0.2) is 6.10 Å². The van der Waals surface area contributed by atoms with Crippen LogP contribution in [0.25, 0.3) is 0 Å². The van der Waals surface area contributed by atoms with Gasteiger partial charge in [0, 0.05) is 19.3 Å². The van der Waals surface area contributed by atoms with E-state index in [4.69, 9.17) is 14.2 Å². The molecule has 0 aliphatic carbocycles. The molecule has 390 valence electrons. The van der Waals surface area contributed by atoms with Gasteiger partial charge >= 0.3 is 17.9 Å². The van der Waals surface area contributed by atoms with Crippen LogP contribution in [0.1, 0.15) is 239 Å². The molecule has 69 heavy (non-hydrogen) atoms. The molecule has 0 amide bonds. The van der Waals surface area contributed by atoms with Crippen LogP contribution in [0.3, 0.4) is 0 Å². The highest BCUT2D eigenvalue weighted by Crippen LogP contribution is 2.12. The fourth-order valence-electron chi connectivity index (χ4n) is 7.17. The first-order chi connectivity index (χ1) is 34.0. The smallest absolute Gasteiger partial charge is 0.306 e. The molecular weight excluding hydrogens is 853 g/mol. The normalized spacial score (nSPS) is 13.0. The van der Waals surface area contributed by atoms with Gasteiger partial charge in [0.1, 0.15) is 13.2 Å². The number of esters is 3. The van der Waals surface area contributed by atoms with Crippen molar-refractivity contribution in [3.63, 3.8) is 0 Å². The standard InChI is InChI=1S/C63H102O6/c1-4-7-10-13-16-19-22-25-27-29-31-33-35-38-40-43-46-49-52-55-61(64)67-58-60(69-63(66)57-54-51-48-45-42-37-24-21-18-15-12-9-6-3)59-68-62(65)56-53-50-47-44-41-39-36-34-32-30-28-26-23-20-17-14-11-8-5-2/h16-17,19-21,24-28,31-34,38-41,46,49,60H,4-15,18,22-23,29-30,35-37,42-45,47-48,50-59H2,1-3H3/b19-16-,20-17-,24-21-,27-25-,28-26-,33-31-,34-32-,40-38-,41-39-,49-46-/t60-/m1/s1. The maximum Gasteiger partial charge on any atom is 0.306 e. The minimum atomic E-state index is -0.829. The van der Waals surface area contributed by atoms with Crippen molar-refractivity contribution in [3.05, 3.63) is 122 Å². The number of rotatable bonds is 49. The average molecular weight is 956 g/mol. The summed E-state index contributed by atoms with van der Waals surface area (Å²) in [5.74, 6) is -1.05. The first-order valence-electron chi connectivity index (χ1n) is 28.0. The fraction of sp³-hybridized carbons (Fsp3) is 0.635. The topological polar surface area (TPSA) is 78.9 Å². The molecule has 0 aliphatic rings. The zero-order chi connectivity index (χ0) is 50.0. The largest absolute Gasteiger partial charge is 0.462 e. The number of ether oxygens (including phenoxy) is 3. The van der Waals surface area contributed by atoms with Crippen LogP contribution in [-0.4, -0.2) is 37.2 Å². The number of hydrogen-bond donors (Lipinski definition) is 0. The van der Waals surface area contributed by atoms with Crippen molar-refractivity contribution in [1.29, 1.82) is 0 Å². The van der Waals surface area contributed by atoms with Gasteiger partial charge in [-0.25, -0.2) is 0 Å². The summed E-state index contributed by atoms with van der Waals surface area (Å²) < 4.78 is 16.7. The van der Waals surface area contributed by atoms with Crippen LogP contribution in [0.4, 0.5) is 0 Å². The Balaban J connectivity index is 4.56. The van der Waals surface area contributed by atoms with E-state index in [1.807, 2.05) is 6.08 Å². The molecule has 0 aromatic rings. The highest BCUT2D eigenvalue weighted by molar-refractivity contribution is 5.71. The molecule has 0 saturated heterocycles. The molecule has 0 aliphatic heterocycles. The Labute approximate surface area is 424 Å². The van der Waals surface area contributed by atoms with Gasteiger partial charge in [0.25, 0.3) is 0 Å². The van der Waals surface area contributed by atoms with Crippen LogP contribution < -0.4 is 0 Å². The van der Waals surface area contributed by atoms with Crippen LogP contribution in [0.5, 0.6) is 0 Å². The van der Waals surface area contributed by atoms with Crippen LogP contribution in [0, 0.1) is 0 Å². The van der Waals surface area contributed by atoms with Crippen molar-refractivity contribution in [2.24, 2.45) is 0 Å². The Morgan fingerprint density at radius 2 is 0.551 bits per heavy atom. The number of carbonyl (C=O) groups excluding carboxylic acids is 3. The van der Waals surface area contributed by atoms with Gasteiger partial charge in [0.05, 0.1) is 0 Å². The van der Waals surface area contributed by atoms with Crippen molar-refractivity contribution >= 4 is 17.9 Å². The van der Waals surface area contributed by atoms with Gasteiger partial charge in [-0.3, -0.25) is 14.4 Å². The molecule has 6 nitrogen and oxygen atoms in total. The van der Waals surface area contributed by atoms with Gasteiger partial charge in [0.2, 0.25) is 0 Å². The molecule has 0 spiro atoms. The molecule has 1 atom stereocenters. The molecule has 0 fully saturated rings. The third-order valence-corrected chi connectivity index (χ3v) is 11.4. The van der Waals surface area contributed by atoms with Crippen LogP contribution >= 0.6 is 0 Å². The van der Waals surface area contributed by atoms with E-state index in [0.717, 1.165) is 103 Å². The van der Waals surface area contributed by atoms with E-state index >= 15 is 0 Å². The molecule has 0 aromatic carbocycles. The molecule has 0 rings (SSSR count). The predicted molar refractivity (Wildman–Crippen MR) is 297 cm³/mol. The summed E-state index contributed by atoms with van der Waals surface area (Å²) in [6, 6.07) is 0. The minimum absolute atomic E-state index is 0.124. The Kier molecular flexibility index (Phi) is 53.0. The third kappa shape index (κ3) is 54.6. The summed E-state index contributed by atoms with van der Waals surface area (Å²) in [6.07, 6.45) is 77.6. The van der Waals surface area contributed by atoms with Crippen molar-refractivity contribution in [3.8, 4) is 0 Å². The van der Waals surface area contributed by atoms with Gasteiger partial charge in [-0.05, 0) is 128 Å². The maximum atomic E-state index is 12.8. The second-order valence-electron chi connectivity index (χ2n) is 18.1. The lowest BCUT2D eigenvalue weighted by Gasteiger charge is -2.18. The molecule has 0 aromatic heterocycles. The lowest BCUT2D eigenvalue weighted by atomic mass is 10.1. The van der Waals surface area contributed by atoms with E-state index in [9.17, 15) is 14.4 Å². The molecule has 6 heteroatoms. The van der Waals surface area contributed by atoms with Crippen LogP contribution in [0.15, 0.2) is 122 Å². The summed E-state index contributed by atoms with van der Waals surface area (Å²) >= 11 is 0. The third-order valence-electron chi connectivity index (χ3n) is 11.4. The Morgan fingerprint density at radius 3 is 0.957 bits per heavy atom. The number of carbonyl (C=O) groups is 3. The molecule has 0 radical (unpaired) electrons. The van der Waals surface area contributed by atoms with Crippen molar-refractivity contribution in [1.82, 2.24) is 0 Å². The molecular formula is C63H102O6. The summed E-state index contributed by atoms with van der Waals surface area (Å²) in [7, 11) is 0. The van der Waals surface area contributed by atoms with Crippen molar-refractivity contribution in [2.45, 2.75) is 245 Å². The zero-order valence-corrected chi connectivity index (χ0v) is 44.5. The Hall–Kier alpha value is -4.19. The van der Waals surface area contributed by atoms with E-state index in [2.05, 4.69) is 136 Å². The summed E-state index contributed by atoms with van der Waals surface area (Å²) in [5, 5.41) is 0. The number of allylic oxidation sites excluding steroid dienone is 20. The maximum absolute atomic E-state index is 12.8. The lowest BCUT2D eigenvalue weighted by Crippen LogP contribution is -2.30. The first kappa shape index (κ1) is 64.8. The van der Waals surface area contributed by atoms with E-state index < -0.39 is 6.10 Å². The van der Waals surface area contributed by atoms with E-state index in [1.165, 1.54) is 89.9 Å². The zero-order valence-electron chi connectivity index (χ0n) is 44.5. The molecule has 0 saturated carbocycles. The molecule has 0 heterocycles. The van der Waals surface area contributed by atoms with E-state index in [1.54, 1.807) is 0 Å². The SMILES string of the molecule is CCCCC/C=C\C/C=C\C/C=C\C/C=C\C/C=C\CCC(=O)OC[C@H](COC(=O)CCCCC/C=C\C/C=C\C/C=C\C/C=C\CCCCC)OC(=O)CCCCCCC/C=C\CCCCCC. The fourth-order valence-corrected chi connectivity index (χ4v) is 7.17. The molecule has 0 N–H and O–H groups in total. The van der Waals surface area contributed by atoms with Gasteiger partial charge < -0.3 is 14.2 Å². The minimum Gasteiger partial charge on any atom is -0.462 e. The number of unbranched alkanes of at least 4 members (excludes halogenated alkanes) is 18. The molecule has 0 unspecified atom stereocenters. The van der Waals surface area contributed by atoms with E-state index in [-0.39, 0.29) is 37.5 Å². The summed E-state index contributed by atoms with van der Waals surface area (Å²) in [6.45, 7) is 6.46. The van der Waals surface area contributed by atoms with Gasteiger partial charge in [-0.2, -0.15) is 0 Å². The van der Waals surface area contributed by atoms with Crippen LogP contribution in [0.2, 0.25) is 0 Å². The van der Waals surface area contributed by atoms with Crippen LogP contribution in [-0.2, 0) is 28.6 Å². The summed E-state index contributed by atoms with van der Waals surface area (Å²) in [5.41, 5.74) is 0. The van der Waals surface area contributed by atoms with Crippen molar-refractivity contribution < 1.29 is 28.6 Å². The predicted octanol–water partition coefficient (Wildman–Crippen LogP) is 18.9. The highest BCUT2D eigenvalue weighted by atomic mass is 16.6. The second-order valence-corrected chi connectivity index (χ2v) is 18.1. The average Bonchev–Trinajstić information content (AvgIpc) is 3.35. The Bertz CT molecular complexity index is 1470. The molecule has 0 bridgehead atoms. The van der Waals surface area contributed by atoms with E-state index in [0.29, 0.717) is 19.3 Å². The van der Waals surface area contributed by atoms with Gasteiger partial charge in [-0.15, -0.1) is 0 Å². The first-order valence-corrected chi connectivity index (χ1v) is 28.0. The highest BCUT2D eigenvalue weighted by Gasteiger charge is 2.19. The second kappa shape index (κ2) is 56.4. The van der Waals surface area contributed by atoms with Gasteiger partial charge in [-0.1, -0.05) is 213 Å². The summed E-state index contributed by atoms with van der Waals surface area (Å²) in [4.78, 5) is 38.1. The lowest BCUT2D eigenvalue weighted by molar-refractivity contribution is -0.166. The van der Waals surface area contributed by atoms with Crippen molar-refractivity contribution in [2.75, 3.05) is 13.2 Å². The Morgan fingerprint density at radius 1 is 0.290 bits per heavy atom. The quantitative estimate of drug-likeness (QED) is 0.0262. The monoisotopic (exact) mass is 955 g/mol.